The van der Waals surface area contributed by atoms with Gasteiger partial charge in [0.15, 0.2) is 0 Å². The Balaban J connectivity index is 2.58. The quantitative estimate of drug-likeness (QED) is 0.745. The molecule has 0 aliphatic heterocycles. The van der Waals surface area contributed by atoms with Gasteiger partial charge in [-0.3, -0.25) is 0 Å². The Kier molecular flexibility index (Phi) is 3.37. The molecule has 1 atom stereocenters. The summed E-state index contributed by atoms with van der Waals surface area (Å²) >= 11 is 0. The highest BCUT2D eigenvalue weighted by molar-refractivity contribution is 5.87. The number of rotatable bonds is 3. The molecular formula is C16H20O. The van der Waals surface area contributed by atoms with Gasteiger partial charge in [0.25, 0.3) is 0 Å². The SMILES string of the molecule is COc1ccc2c(C(C)C(C)C)cccc2c1. The molecule has 2 aromatic carbocycles. The smallest absolute Gasteiger partial charge is 0.119 e. The average molecular weight is 228 g/mol. The van der Waals surface area contributed by atoms with E-state index in [1.807, 2.05) is 6.07 Å². The maximum Gasteiger partial charge on any atom is 0.119 e. The lowest BCUT2D eigenvalue weighted by molar-refractivity contribution is 0.415. The molecule has 1 nitrogen and oxygen atoms in total. The van der Waals surface area contributed by atoms with E-state index in [4.69, 9.17) is 4.74 Å². The Hall–Kier alpha value is -1.50. The minimum Gasteiger partial charge on any atom is -0.497 e. The van der Waals surface area contributed by atoms with Gasteiger partial charge in [-0.15, -0.1) is 0 Å². The van der Waals surface area contributed by atoms with Crippen LogP contribution in [0.4, 0.5) is 0 Å². The zero-order valence-electron chi connectivity index (χ0n) is 11.0. The molecule has 1 unspecified atom stereocenters. The van der Waals surface area contributed by atoms with Gasteiger partial charge >= 0.3 is 0 Å². The Bertz CT molecular complexity index is 514. The fourth-order valence-corrected chi connectivity index (χ4v) is 2.17. The lowest BCUT2D eigenvalue weighted by Crippen LogP contribution is -2.02. The molecule has 0 saturated heterocycles. The number of fused-ring (bicyclic) bond motifs is 1. The van der Waals surface area contributed by atoms with Gasteiger partial charge in [-0.2, -0.15) is 0 Å². The van der Waals surface area contributed by atoms with Gasteiger partial charge in [0.05, 0.1) is 7.11 Å². The molecule has 2 rings (SSSR count). The van der Waals surface area contributed by atoms with Crippen LogP contribution in [0.15, 0.2) is 36.4 Å². The van der Waals surface area contributed by atoms with E-state index in [9.17, 15) is 0 Å². The van der Waals surface area contributed by atoms with Crippen LogP contribution in [0.3, 0.4) is 0 Å². The molecule has 0 saturated carbocycles. The molecule has 0 N–H and O–H groups in total. The largest absolute Gasteiger partial charge is 0.497 e. The third-order valence-electron chi connectivity index (χ3n) is 3.61. The maximum absolute atomic E-state index is 5.27. The fourth-order valence-electron chi connectivity index (χ4n) is 2.17. The number of hydrogen-bond donors (Lipinski definition) is 0. The fraction of sp³-hybridized carbons (Fsp3) is 0.375. The van der Waals surface area contributed by atoms with Crippen molar-refractivity contribution in [3.05, 3.63) is 42.0 Å². The molecule has 90 valence electrons. The Morgan fingerprint density at radius 2 is 1.76 bits per heavy atom. The third-order valence-corrected chi connectivity index (χ3v) is 3.61. The molecule has 0 aliphatic carbocycles. The number of hydrogen-bond acceptors (Lipinski definition) is 1. The van der Waals surface area contributed by atoms with E-state index in [1.54, 1.807) is 7.11 Å². The van der Waals surface area contributed by atoms with Gasteiger partial charge in [0.1, 0.15) is 5.75 Å². The van der Waals surface area contributed by atoms with Gasteiger partial charge in [-0.1, -0.05) is 45.0 Å². The maximum atomic E-state index is 5.27. The van der Waals surface area contributed by atoms with E-state index >= 15 is 0 Å². The first-order valence-corrected chi connectivity index (χ1v) is 6.20. The van der Waals surface area contributed by atoms with Crippen molar-refractivity contribution in [1.29, 1.82) is 0 Å². The summed E-state index contributed by atoms with van der Waals surface area (Å²) in [6, 6.07) is 12.8. The summed E-state index contributed by atoms with van der Waals surface area (Å²) in [6.45, 7) is 6.84. The van der Waals surface area contributed by atoms with E-state index in [0.717, 1.165) is 5.75 Å². The van der Waals surface area contributed by atoms with Crippen molar-refractivity contribution < 1.29 is 4.74 Å². The molecule has 0 aliphatic rings. The lowest BCUT2D eigenvalue weighted by Gasteiger charge is -2.18. The molecule has 1 heteroatoms. The van der Waals surface area contributed by atoms with Crippen LogP contribution >= 0.6 is 0 Å². The second-order valence-corrected chi connectivity index (χ2v) is 4.97. The van der Waals surface area contributed by atoms with Crippen LogP contribution in [0, 0.1) is 5.92 Å². The highest BCUT2D eigenvalue weighted by Gasteiger charge is 2.12. The summed E-state index contributed by atoms with van der Waals surface area (Å²) in [5.41, 5.74) is 1.43. The van der Waals surface area contributed by atoms with Crippen LogP contribution in [0.1, 0.15) is 32.3 Å². The lowest BCUT2D eigenvalue weighted by atomic mass is 9.87. The van der Waals surface area contributed by atoms with Crippen LogP contribution < -0.4 is 4.74 Å². The number of benzene rings is 2. The normalized spacial score (nSPS) is 13.0. The monoisotopic (exact) mass is 228 g/mol. The summed E-state index contributed by atoms with van der Waals surface area (Å²) in [4.78, 5) is 0. The zero-order valence-corrected chi connectivity index (χ0v) is 11.0. The van der Waals surface area contributed by atoms with Crippen molar-refractivity contribution in [2.45, 2.75) is 26.7 Å². The summed E-state index contributed by atoms with van der Waals surface area (Å²) in [5.74, 6) is 2.15. The minimum absolute atomic E-state index is 0.576. The van der Waals surface area contributed by atoms with E-state index in [-0.39, 0.29) is 0 Å². The molecule has 0 bridgehead atoms. The Morgan fingerprint density at radius 3 is 2.41 bits per heavy atom. The van der Waals surface area contributed by atoms with Crippen molar-refractivity contribution in [2.24, 2.45) is 5.92 Å². The van der Waals surface area contributed by atoms with E-state index in [2.05, 4.69) is 51.1 Å². The predicted octanol–water partition coefficient (Wildman–Crippen LogP) is 4.61. The van der Waals surface area contributed by atoms with Crippen molar-refractivity contribution >= 4 is 10.8 Å². The summed E-state index contributed by atoms with van der Waals surface area (Å²) in [5, 5.41) is 2.60. The molecule has 0 spiro atoms. The van der Waals surface area contributed by atoms with Gasteiger partial charge in [0.2, 0.25) is 0 Å². The van der Waals surface area contributed by atoms with Crippen LogP contribution in [-0.4, -0.2) is 7.11 Å². The summed E-state index contributed by atoms with van der Waals surface area (Å²) < 4.78 is 5.27. The zero-order chi connectivity index (χ0) is 12.4. The summed E-state index contributed by atoms with van der Waals surface area (Å²) in [7, 11) is 1.71. The van der Waals surface area contributed by atoms with Gasteiger partial charge in [0, 0.05) is 0 Å². The molecule has 17 heavy (non-hydrogen) atoms. The average Bonchev–Trinajstić information content (AvgIpc) is 2.36. The van der Waals surface area contributed by atoms with Crippen LogP contribution in [0.25, 0.3) is 10.8 Å². The highest BCUT2D eigenvalue weighted by Crippen LogP contribution is 2.31. The van der Waals surface area contributed by atoms with Gasteiger partial charge in [-0.05, 0) is 40.3 Å². The molecular weight excluding hydrogens is 208 g/mol. The van der Waals surface area contributed by atoms with E-state index in [0.29, 0.717) is 11.8 Å². The first-order chi connectivity index (χ1) is 8.13. The molecule has 2 aromatic rings. The predicted molar refractivity (Wildman–Crippen MR) is 73.8 cm³/mol. The van der Waals surface area contributed by atoms with Gasteiger partial charge in [-0.25, -0.2) is 0 Å². The molecule has 0 amide bonds. The second-order valence-electron chi connectivity index (χ2n) is 4.97. The molecule has 0 radical (unpaired) electrons. The van der Waals surface area contributed by atoms with Crippen LogP contribution in [0.5, 0.6) is 5.75 Å². The Morgan fingerprint density at radius 1 is 1.00 bits per heavy atom. The van der Waals surface area contributed by atoms with Crippen molar-refractivity contribution in [3.63, 3.8) is 0 Å². The van der Waals surface area contributed by atoms with E-state index in [1.165, 1.54) is 16.3 Å². The third kappa shape index (κ3) is 2.28. The van der Waals surface area contributed by atoms with Crippen LogP contribution in [-0.2, 0) is 0 Å². The van der Waals surface area contributed by atoms with Crippen LogP contribution in [0.2, 0.25) is 0 Å². The standard InChI is InChI=1S/C16H20O/c1-11(2)12(3)15-7-5-6-13-10-14(17-4)8-9-16(13)15/h5-12H,1-4H3. The molecule has 0 fully saturated rings. The first-order valence-electron chi connectivity index (χ1n) is 6.20. The first kappa shape index (κ1) is 12.0. The highest BCUT2D eigenvalue weighted by atomic mass is 16.5. The van der Waals surface area contributed by atoms with Gasteiger partial charge < -0.3 is 4.74 Å². The second kappa shape index (κ2) is 4.79. The topological polar surface area (TPSA) is 9.23 Å². The Labute approximate surface area is 103 Å². The number of methoxy groups -OCH3 is 1. The number of ether oxygens (including phenoxy) is 1. The van der Waals surface area contributed by atoms with Crippen molar-refractivity contribution in [3.8, 4) is 5.75 Å². The minimum atomic E-state index is 0.576. The van der Waals surface area contributed by atoms with Crippen molar-refractivity contribution in [2.75, 3.05) is 7.11 Å². The molecule has 0 aromatic heterocycles. The molecule has 0 heterocycles. The van der Waals surface area contributed by atoms with E-state index < -0.39 is 0 Å². The van der Waals surface area contributed by atoms with Crippen molar-refractivity contribution in [1.82, 2.24) is 0 Å². The summed E-state index contributed by atoms with van der Waals surface area (Å²) in [6.07, 6.45) is 0.